The van der Waals surface area contributed by atoms with E-state index >= 15 is 0 Å². The highest BCUT2D eigenvalue weighted by atomic mass is 79.9. The van der Waals surface area contributed by atoms with Gasteiger partial charge in [0.25, 0.3) is 0 Å². The minimum absolute atomic E-state index is 0.159. The van der Waals surface area contributed by atoms with Crippen LogP contribution in [0.1, 0.15) is 64.0 Å². The van der Waals surface area contributed by atoms with Gasteiger partial charge in [-0.3, -0.25) is 0 Å². The molecule has 0 bridgehead atoms. The first-order valence-corrected chi connectivity index (χ1v) is 8.35. The Labute approximate surface area is 129 Å². The van der Waals surface area contributed by atoms with Crippen LogP contribution < -0.4 is 4.74 Å². The van der Waals surface area contributed by atoms with E-state index in [4.69, 9.17) is 4.74 Å². The molecule has 110 valence electrons. The second-order valence-corrected chi connectivity index (χ2v) is 8.12. The lowest BCUT2D eigenvalue weighted by Crippen LogP contribution is -2.40. The van der Waals surface area contributed by atoms with Crippen molar-refractivity contribution in [1.82, 2.24) is 0 Å². The van der Waals surface area contributed by atoms with E-state index in [1.54, 1.807) is 0 Å². The fourth-order valence-corrected chi connectivity index (χ4v) is 4.00. The van der Waals surface area contributed by atoms with Gasteiger partial charge in [-0.2, -0.15) is 0 Å². The van der Waals surface area contributed by atoms with Crippen molar-refractivity contribution < 1.29 is 9.84 Å². The number of aliphatic hydroxyl groups is 1. The van der Waals surface area contributed by atoms with E-state index < -0.39 is 6.10 Å². The zero-order valence-corrected chi connectivity index (χ0v) is 13.9. The van der Waals surface area contributed by atoms with Gasteiger partial charge in [0.05, 0.1) is 6.10 Å². The first kappa shape index (κ1) is 14.4. The van der Waals surface area contributed by atoms with Crippen LogP contribution in [0.15, 0.2) is 22.7 Å². The third-order valence-electron chi connectivity index (χ3n) is 4.97. The topological polar surface area (TPSA) is 29.5 Å². The lowest BCUT2D eigenvalue weighted by molar-refractivity contribution is -0.0260. The van der Waals surface area contributed by atoms with Crippen LogP contribution in [0, 0.1) is 5.41 Å². The van der Waals surface area contributed by atoms with E-state index in [1.807, 2.05) is 18.2 Å². The summed E-state index contributed by atoms with van der Waals surface area (Å²) in [5.74, 6) is 0.867. The zero-order valence-electron chi connectivity index (χ0n) is 12.3. The number of fused-ring (bicyclic) bond motifs is 1. The average molecular weight is 339 g/mol. The normalized spacial score (nSPS) is 32.3. The molecule has 1 saturated carbocycles. The minimum atomic E-state index is -0.405. The van der Waals surface area contributed by atoms with Crippen LogP contribution in [0.25, 0.3) is 0 Å². The summed E-state index contributed by atoms with van der Waals surface area (Å²) in [6.45, 7) is 4.69. The lowest BCUT2D eigenvalue weighted by Gasteiger charge is -2.41. The second kappa shape index (κ2) is 5.03. The number of ether oxygens (including phenoxy) is 1. The Balaban J connectivity index is 1.88. The van der Waals surface area contributed by atoms with Crippen molar-refractivity contribution in [2.45, 2.75) is 64.1 Å². The second-order valence-electron chi connectivity index (χ2n) is 7.20. The van der Waals surface area contributed by atoms with Crippen molar-refractivity contribution in [1.29, 1.82) is 0 Å². The van der Waals surface area contributed by atoms with Crippen LogP contribution >= 0.6 is 15.9 Å². The maximum Gasteiger partial charge on any atom is 0.126 e. The minimum Gasteiger partial charge on any atom is -0.487 e. The van der Waals surface area contributed by atoms with E-state index in [1.165, 1.54) is 19.3 Å². The van der Waals surface area contributed by atoms with Crippen molar-refractivity contribution in [3.8, 4) is 5.75 Å². The molecule has 1 N–H and O–H groups in total. The number of hydrogen-bond donors (Lipinski definition) is 1. The zero-order chi connectivity index (χ0) is 14.4. The van der Waals surface area contributed by atoms with Crippen LogP contribution in [0.3, 0.4) is 0 Å². The largest absolute Gasteiger partial charge is 0.487 e. The molecule has 1 heterocycles. The fraction of sp³-hybridized carbons (Fsp3) is 0.647. The average Bonchev–Trinajstić information content (AvgIpc) is 2.51. The Bertz CT molecular complexity index is 512. The standard InChI is InChI=1S/C17H23BrO2/c1-16(2)6-3-7-17(9-8-16)11-14(19)13-10-12(18)4-5-15(13)20-17/h4-5,10,14,19H,3,6-9,11H2,1-2H3/t14-,17?/m0/s1. The molecule has 3 heteroatoms. The van der Waals surface area contributed by atoms with E-state index in [9.17, 15) is 5.11 Å². The molecule has 1 spiro atoms. The summed E-state index contributed by atoms with van der Waals surface area (Å²) in [5, 5.41) is 10.5. The summed E-state index contributed by atoms with van der Waals surface area (Å²) in [4.78, 5) is 0. The molecule has 0 aromatic heterocycles. The van der Waals surface area contributed by atoms with Crippen molar-refractivity contribution in [3.05, 3.63) is 28.2 Å². The van der Waals surface area contributed by atoms with Gasteiger partial charge in [0.2, 0.25) is 0 Å². The van der Waals surface area contributed by atoms with Gasteiger partial charge in [0, 0.05) is 16.5 Å². The van der Waals surface area contributed by atoms with Crippen LogP contribution in [0.2, 0.25) is 0 Å². The molecule has 1 aliphatic carbocycles. The molecule has 0 radical (unpaired) electrons. The molecule has 20 heavy (non-hydrogen) atoms. The van der Waals surface area contributed by atoms with Crippen LogP contribution in [0.5, 0.6) is 5.75 Å². The number of rotatable bonds is 0. The van der Waals surface area contributed by atoms with E-state index in [2.05, 4.69) is 29.8 Å². The maximum absolute atomic E-state index is 10.5. The van der Waals surface area contributed by atoms with Gasteiger partial charge in [-0.15, -0.1) is 0 Å². The van der Waals surface area contributed by atoms with E-state index in [-0.39, 0.29) is 5.60 Å². The maximum atomic E-state index is 10.5. The molecule has 0 amide bonds. The monoisotopic (exact) mass is 338 g/mol. The van der Waals surface area contributed by atoms with Crippen molar-refractivity contribution in [3.63, 3.8) is 0 Å². The molecular formula is C17H23BrO2. The molecule has 2 atom stereocenters. The van der Waals surface area contributed by atoms with Crippen LogP contribution in [-0.4, -0.2) is 10.7 Å². The predicted octanol–water partition coefficient (Wildman–Crippen LogP) is 4.99. The van der Waals surface area contributed by atoms with Gasteiger partial charge >= 0.3 is 0 Å². The predicted molar refractivity (Wildman–Crippen MR) is 83.9 cm³/mol. The quantitative estimate of drug-likeness (QED) is 0.721. The lowest BCUT2D eigenvalue weighted by atomic mass is 9.81. The fourth-order valence-electron chi connectivity index (χ4n) is 3.62. The summed E-state index contributed by atoms with van der Waals surface area (Å²) >= 11 is 3.47. The van der Waals surface area contributed by atoms with Gasteiger partial charge in [-0.1, -0.05) is 29.8 Å². The molecule has 1 fully saturated rings. The van der Waals surface area contributed by atoms with Crippen molar-refractivity contribution >= 4 is 15.9 Å². The molecule has 0 saturated heterocycles. The van der Waals surface area contributed by atoms with Gasteiger partial charge in [0.15, 0.2) is 0 Å². The summed E-state index contributed by atoms with van der Waals surface area (Å²) in [6, 6.07) is 5.96. The number of halogens is 1. The van der Waals surface area contributed by atoms with Gasteiger partial charge < -0.3 is 9.84 Å². The molecular weight excluding hydrogens is 316 g/mol. The third kappa shape index (κ3) is 2.75. The van der Waals surface area contributed by atoms with Crippen LogP contribution in [-0.2, 0) is 0 Å². The highest BCUT2D eigenvalue weighted by Crippen LogP contribution is 2.48. The third-order valence-corrected chi connectivity index (χ3v) is 5.46. The number of aliphatic hydroxyl groups excluding tert-OH is 1. The first-order valence-electron chi connectivity index (χ1n) is 7.56. The number of benzene rings is 1. The van der Waals surface area contributed by atoms with Crippen molar-refractivity contribution in [2.75, 3.05) is 0 Å². The molecule has 1 unspecified atom stereocenters. The highest BCUT2D eigenvalue weighted by molar-refractivity contribution is 9.10. The summed E-state index contributed by atoms with van der Waals surface area (Å²) in [7, 11) is 0. The van der Waals surface area contributed by atoms with Gasteiger partial charge in [-0.05, 0) is 55.7 Å². The summed E-state index contributed by atoms with van der Waals surface area (Å²) < 4.78 is 7.38. The molecule has 1 aromatic rings. The van der Waals surface area contributed by atoms with Crippen molar-refractivity contribution in [2.24, 2.45) is 5.41 Å². The van der Waals surface area contributed by atoms with Crippen LogP contribution in [0.4, 0.5) is 0 Å². The molecule has 2 aliphatic rings. The van der Waals surface area contributed by atoms with Gasteiger partial charge in [-0.25, -0.2) is 0 Å². The Morgan fingerprint density at radius 2 is 2.00 bits per heavy atom. The SMILES string of the molecule is CC1(C)CCCC2(CC1)C[C@H](O)c1cc(Br)ccc1O2. The van der Waals surface area contributed by atoms with E-state index in [0.29, 0.717) is 5.41 Å². The van der Waals surface area contributed by atoms with E-state index in [0.717, 1.165) is 35.0 Å². The Morgan fingerprint density at radius 3 is 2.80 bits per heavy atom. The highest BCUT2D eigenvalue weighted by Gasteiger charge is 2.42. The Hall–Kier alpha value is -0.540. The summed E-state index contributed by atoms with van der Waals surface area (Å²) in [5.41, 5.74) is 1.17. The number of hydrogen-bond acceptors (Lipinski definition) is 2. The Morgan fingerprint density at radius 1 is 1.20 bits per heavy atom. The smallest absolute Gasteiger partial charge is 0.126 e. The van der Waals surface area contributed by atoms with Gasteiger partial charge in [0.1, 0.15) is 11.4 Å². The molecule has 1 aromatic carbocycles. The summed E-state index contributed by atoms with van der Waals surface area (Å²) in [6.07, 6.45) is 6.04. The Kier molecular flexibility index (Phi) is 3.62. The molecule has 3 rings (SSSR count). The first-order chi connectivity index (χ1) is 9.39. The molecule has 1 aliphatic heterocycles. The molecule has 2 nitrogen and oxygen atoms in total.